The number of aromatic nitrogens is 3. The van der Waals surface area contributed by atoms with Gasteiger partial charge in [-0.3, -0.25) is 4.79 Å². The second kappa shape index (κ2) is 10.7. The molecule has 2 N–H and O–H groups in total. The van der Waals surface area contributed by atoms with Gasteiger partial charge in [0.1, 0.15) is 20.3 Å². The Labute approximate surface area is 231 Å². The predicted octanol–water partition coefficient (Wildman–Crippen LogP) is 3.91. The Morgan fingerprint density at radius 2 is 1.72 bits per heavy atom. The molecule has 3 aromatic carbocycles. The van der Waals surface area contributed by atoms with E-state index in [0.717, 1.165) is 22.5 Å². The lowest BCUT2D eigenvalue weighted by molar-refractivity contribution is -0.130. The summed E-state index contributed by atoms with van der Waals surface area (Å²) in [5.74, 6) is 1.74. The number of carbonyl (C=O) groups is 1. The zero-order chi connectivity index (χ0) is 26.8. The van der Waals surface area contributed by atoms with Gasteiger partial charge in [-0.1, -0.05) is 66.2 Å². The monoisotopic (exact) mass is 535 g/mol. The molecule has 1 amide bonds. The zero-order valence-corrected chi connectivity index (χ0v) is 21.6. The van der Waals surface area contributed by atoms with Gasteiger partial charge in [0, 0.05) is 35.9 Å². The fourth-order valence-corrected chi connectivity index (χ4v) is 4.56. The Morgan fingerprint density at radius 3 is 2.51 bits per heavy atom. The molecule has 0 spiro atoms. The summed E-state index contributed by atoms with van der Waals surface area (Å²) in [5.41, 5.74) is 4.56. The number of nitrogens with zero attached hydrogens (tertiary/aromatic N) is 3. The number of para-hydroxylation sites is 2. The first-order chi connectivity index (χ1) is 19.0. The molecular formula is C29H23BClN5O3. The molecule has 6 rings (SSSR count). The molecule has 5 aromatic rings. The Hall–Kier alpha value is -4.50. The standard InChI is InChI=1S/C29H23BClN5O3/c30-21-16-34-36-27(13-23(35-28(21)36)20-5-1-2-6-22(20)31)32-14-18-9-11-19(12-10-18)15-33-29(37)26-17-38-24-7-3-4-8-25(24)39-26/h1-13,16,26,32H,14-15,17H2,(H,33,37). The summed E-state index contributed by atoms with van der Waals surface area (Å²) in [6, 6.07) is 24.7. The van der Waals surface area contributed by atoms with Crippen LogP contribution in [-0.4, -0.2) is 41.1 Å². The minimum Gasteiger partial charge on any atom is -0.485 e. The van der Waals surface area contributed by atoms with Gasteiger partial charge in [-0.05, 0) is 34.8 Å². The molecule has 1 aliphatic rings. The SMILES string of the molecule is [B]c1cnn2c(NCc3ccc(CNC(=O)C4COc5ccccc5O4)cc3)cc(-c3ccccc3Cl)nc12. The normalized spacial score (nSPS) is 14.2. The summed E-state index contributed by atoms with van der Waals surface area (Å²) in [6.07, 6.45) is 0.892. The molecule has 10 heteroatoms. The van der Waals surface area contributed by atoms with E-state index in [9.17, 15) is 4.79 Å². The van der Waals surface area contributed by atoms with Gasteiger partial charge in [0.25, 0.3) is 5.91 Å². The number of fused-ring (bicyclic) bond motifs is 2. The van der Waals surface area contributed by atoms with Crippen molar-refractivity contribution in [3.8, 4) is 22.8 Å². The second-order valence-electron chi connectivity index (χ2n) is 9.09. The highest BCUT2D eigenvalue weighted by Gasteiger charge is 2.27. The van der Waals surface area contributed by atoms with Gasteiger partial charge in [-0.15, -0.1) is 0 Å². The quantitative estimate of drug-likeness (QED) is 0.307. The van der Waals surface area contributed by atoms with Crippen molar-refractivity contribution in [1.82, 2.24) is 19.9 Å². The highest BCUT2D eigenvalue weighted by atomic mass is 35.5. The molecule has 0 saturated heterocycles. The number of nitrogens with one attached hydrogen (secondary N) is 2. The van der Waals surface area contributed by atoms with Gasteiger partial charge in [-0.2, -0.15) is 9.61 Å². The average Bonchev–Trinajstić information content (AvgIpc) is 3.35. The van der Waals surface area contributed by atoms with Crippen LogP contribution in [0.5, 0.6) is 11.5 Å². The minimum atomic E-state index is -0.687. The first-order valence-electron chi connectivity index (χ1n) is 12.4. The van der Waals surface area contributed by atoms with Crippen molar-refractivity contribution in [2.24, 2.45) is 0 Å². The average molecular weight is 536 g/mol. The largest absolute Gasteiger partial charge is 0.485 e. The number of halogens is 1. The van der Waals surface area contributed by atoms with Crippen molar-refractivity contribution in [1.29, 1.82) is 0 Å². The van der Waals surface area contributed by atoms with E-state index in [1.54, 1.807) is 16.8 Å². The van der Waals surface area contributed by atoms with Gasteiger partial charge < -0.3 is 20.1 Å². The number of benzene rings is 3. The summed E-state index contributed by atoms with van der Waals surface area (Å²) in [7, 11) is 6.12. The molecule has 1 atom stereocenters. The lowest BCUT2D eigenvalue weighted by Gasteiger charge is -2.25. The van der Waals surface area contributed by atoms with E-state index >= 15 is 0 Å². The van der Waals surface area contributed by atoms with E-state index in [1.807, 2.05) is 72.8 Å². The number of rotatable bonds is 7. The molecule has 0 fully saturated rings. The highest BCUT2D eigenvalue weighted by Crippen LogP contribution is 2.31. The number of carbonyl (C=O) groups excluding carboxylic acids is 1. The third-order valence-electron chi connectivity index (χ3n) is 6.41. The van der Waals surface area contributed by atoms with Gasteiger partial charge in [-0.25, -0.2) is 4.98 Å². The van der Waals surface area contributed by atoms with Gasteiger partial charge in [0.05, 0.1) is 5.69 Å². The topological polar surface area (TPSA) is 89.8 Å². The minimum absolute atomic E-state index is 0.176. The zero-order valence-electron chi connectivity index (χ0n) is 20.8. The second-order valence-corrected chi connectivity index (χ2v) is 9.50. The van der Waals surface area contributed by atoms with Crippen LogP contribution in [0.3, 0.4) is 0 Å². The van der Waals surface area contributed by atoms with Gasteiger partial charge >= 0.3 is 0 Å². The van der Waals surface area contributed by atoms with Crippen LogP contribution in [0, 0.1) is 0 Å². The van der Waals surface area contributed by atoms with E-state index < -0.39 is 6.10 Å². The molecule has 0 saturated carbocycles. The Morgan fingerprint density at radius 1 is 1.00 bits per heavy atom. The molecule has 39 heavy (non-hydrogen) atoms. The lowest BCUT2D eigenvalue weighted by Crippen LogP contribution is -2.43. The molecule has 1 unspecified atom stereocenters. The lowest BCUT2D eigenvalue weighted by atomic mass is 10.0. The molecule has 8 nitrogen and oxygen atoms in total. The van der Waals surface area contributed by atoms with E-state index in [4.69, 9.17) is 28.9 Å². The first-order valence-corrected chi connectivity index (χ1v) is 12.8. The van der Waals surface area contributed by atoms with Crippen LogP contribution in [0.15, 0.2) is 85.1 Å². The molecule has 1 aliphatic heterocycles. The Bertz CT molecular complexity index is 1660. The van der Waals surface area contributed by atoms with Crippen molar-refractivity contribution in [2.45, 2.75) is 19.2 Å². The van der Waals surface area contributed by atoms with E-state index in [-0.39, 0.29) is 12.5 Å². The van der Waals surface area contributed by atoms with Crippen LogP contribution in [-0.2, 0) is 17.9 Å². The van der Waals surface area contributed by atoms with Gasteiger partial charge in [0.2, 0.25) is 6.10 Å². The van der Waals surface area contributed by atoms with E-state index in [1.165, 1.54) is 0 Å². The maximum Gasteiger partial charge on any atom is 0.264 e. The van der Waals surface area contributed by atoms with Crippen molar-refractivity contribution >= 4 is 42.3 Å². The maximum absolute atomic E-state index is 12.6. The summed E-state index contributed by atoms with van der Waals surface area (Å²) in [5, 5.41) is 11.3. The number of hydrogen-bond acceptors (Lipinski definition) is 6. The molecular weight excluding hydrogens is 513 g/mol. The van der Waals surface area contributed by atoms with Crippen LogP contribution in [0.1, 0.15) is 11.1 Å². The summed E-state index contributed by atoms with van der Waals surface area (Å²) in [4.78, 5) is 17.3. The Kier molecular flexibility index (Phi) is 6.81. The van der Waals surface area contributed by atoms with Crippen LogP contribution in [0.2, 0.25) is 5.02 Å². The number of amides is 1. The molecule has 2 aromatic heterocycles. The summed E-state index contributed by atoms with van der Waals surface area (Å²) < 4.78 is 13.1. The maximum atomic E-state index is 12.6. The Balaban J connectivity index is 1.10. The highest BCUT2D eigenvalue weighted by molar-refractivity contribution is 6.36. The molecule has 3 heterocycles. The third kappa shape index (κ3) is 5.26. The van der Waals surface area contributed by atoms with Crippen LogP contribution < -0.4 is 25.6 Å². The smallest absolute Gasteiger partial charge is 0.264 e. The molecule has 192 valence electrons. The number of hydrogen-bond donors (Lipinski definition) is 2. The van der Waals surface area contributed by atoms with E-state index in [0.29, 0.717) is 46.4 Å². The number of ether oxygens (including phenoxy) is 2. The summed E-state index contributed by atoms with van der Waals surface area (Å²) in [6.45, 7) is 1.10. The summed E-state index contributed by atoms with van der Waals surface area (Å²) >= 11 is 6.42. The molecule has 2 radical (unpaired) electrons. The van der Waals surface area contributed by atoms with Crippen molar-refractivity contribution in [3.05, 3.63) is 101 Å². The van der Waals surface area contributed by atoms with Crippen molar-refractivity contribution < 1.29 is 14.3 Å². The van der Waals surface area contributed by atoms with Crippen molar-refractivity contribution in [3.63, 3.8) is 0 Å². The predicted molar refractivity (Wildman–Crippen MR) is 151 cm³/mol. The van der Waals surface area contributed by atoms with Crippen LogP contribution in [0.4, 0.5) is 5.82 Å². The van der Waals surface area contributed by atoms with Gasteiger partial charge in [0.15, 0.2) is 17.1 Å². The first kappa shape index (κ1) is 24.8. The fraction of sp³-hybridized carbons (Fsp3) is 0.138. The number of anilines is 1. The fourth-order valence-electron chi connectivity index (χ4n) is 4.33. The molecule has 0 bridgehead atoms. The third-order valence-corrected chi connectivity index (χ3v) is 6.74. The molecule has 0 aliphatic carbocycles. The van der Waals surface area contributed by atoms with Crippen LogP contribution in [0.25, 0.3) is 16.9 Å². The van der Waals surface area contributed by atoms with Crippen LogP contribution >= 0.6 is 11.6 Å². The van der Waals surface area contributed by atoms with Crippen molar-refractivity contribution in [2.75, 3.05) is 11.9 Å². The van der Waals surface area contributed by atoms with E-state index in [2.05, 4.69) is 20.7 Å².